The SMILES string of the molecule is C=CC1C[N+]2(Cc3ccc(C(F)(F)F)cc3)CCC1CC2C(O)c1ccnc2ccc(OC)cc12. The standard InChI is InChI=1S/C28H30F3N2O2/c1-3-19-17-33(16-18-4-6-21(7-5-18)28(29,30)31)13-11-20(19)14-26(33)27(34)23-10-12-32-25-9-8-22(35-2)15-24(23)25/h3-10,12,15,19-20,26-27,34H,1,11,13-14,16-17H2,2H3/q+1. The van der Waals surface area contributed by atoms with Gasteiger partial charge in [-0.2, -0.15) is 13.2 Å². The molecule has 3 aliphatic rings. The quantitative estimate of drug-likeness (QED) is 0.350. The van der Waals surface area contributed by atoms with Crippen LogP contribution in [0, 0.1) is 11.8 Å². The van der Waals surface area contributed by atoms with Crippen molar-refractivity contribution >= 4 is 10.9 Å². The summed E-state index contributed by atoms with van der Waals surface area (Å²) in [5, 5.41) is 12.7. The normalized spacial score (nSPS) is 27.1. The second kappa shape index (κ2) is 8.95. The van der Waals surface area contributed by atoms with E-state index >= 15 is 0 Å². The smallest absolute Gasteiger partial charge is 0.416 e. The first-order valence-electron chi connectivity index (χ1n) is 12.0. The van der Waals surface area contributed by atoms with E-state index in [9.17, 15) is 18.3 Å². The lowest BCUT2D eigenvalue weighted by Crippen LogP contribution is -2.67. The van der Waals surface area contributed by atoms with Gasteiger partial charge in [0.05, 0.1) is 31.3 Å². The van der Waals surface area contributed by atoms with E-state index in [1.165, 1.54) is 0 Å². The Morgan fingerprint density at radius 2 is 1.97 bits per heavy atom. The van der Waals surface area contributed by atoms with Crippen LogP contribution in [0.3, 0.4) is 0 Å². The van der Waals surface area contributed by atoms with Gasteiger partial charge in [0.15, 0.2) is 0 Å². The largest absolute Gasteiger partial charge is 0.497 e. The maximum atomic E-state index is 13.1. The van der Waals surface area contributed by atoms with E-state index in [4.69, 9.17) is 4.74 Å². The molecule has 2 bridgehead atoms. The summed E-state index contributed by atoms with van der Waals surface area (Å²) in [5.74, 6) is 1.48. The summed E-state index contributed by atoms with van der Waals surface area (Å²) >= 11 is 0. The first-order valence-corrected chi connectivity index (χ1v) is 12.0. The van der Waals surface area contributed by atoms with Crippen molar-refractivity contribution in [2.24, 2.45) is 11.8 Å². The summed E-state index contributed by atoms with van der Waals surface area (Å²) < 4.78 is 45.3. The molecular weight excluding hydrogens is 453 g/mol. The molecule has 3 aliphatic heterocycles. The Morgan fingerprint density at radius 1 is 1.20 bits per heavy atom. The number of pyridine rings is 1. The molecule has 3 fully saturated rings. The minimum absolute atomic E-state index is 0.0796. The molecule has 0 radical (unpaired) electrons. The lowest BCUT2D eigenvalue weighted by molar-refractivity contribution is -0.984. The van der Waals surface area contributed by atoms with Crippen molar-refractivity contribution in [1.29, 1.82) is 0 Å². The molecule has 35 heavy (non-hydrogen) atoms. The highest BCUT2D eigenvalue weighted by atomic mass is 19.4. The fourth-order valence-corrected chi connectivity index (χ4v) is 6.28. The number of halogens is 3. The van der Waals surface area contributed by atoms with E-state index in [2.05, 4.69) is 11.6 Å². The monoisotopic (exact) mass is 483 g/mol. The van der Waals surface area contributed by atoms with Crippen LogP contribution in [0.5, 0.6) is 5.75 Å². The third-order valence-electron chi connectivity index (χ3n) is 8.12. The maximum Gasteiger partial charge on any atom is 0.416 e. The Labute approximate surface area is 203 Å². The minimum atomic E-state index is -4.36. The fourth-order valence-electron chi connectivity index (χ4n) is 6.28. The third kappa shape index (κ3) is 4.32. The Balaban J connectivity index is 1.52. The molecule has 5 unspecified atom stereocenters. The van der Waals surface area contributed by atoms with Gasteiger partial charge >= 0.3 is 6.18 Å². The van der Waals surface area contributed by atoms with Gasteiger partial charge in [-0.15, -0.1) is 6.58 Å². The lowest BCUT2D eigenvalue weighted by atomic mass is 9.71. The molecule has 1 aromatic heterocycles. The summed E-state index contributed by atoms with van der Waals surface area (Å²) in [6.45, 7) is 6.32. The van der Waals surface area contributed by atoms with Crippen LogP contribution in [0.2, 0.25) is 0 Å². The Hall–Kier alpha value is -2.90. The number of aliphatic hydroxyl groups excluding tert-OH is 1. The molecule has 4 nitrogen and oxygen atoms in total. The van der Waals surface area contributed by atoms with E-state index < -0.39 is 17.8 Å². The number of quaternary nitrogens is 1. The first kappa shape index (κ1) is 23.8. The molecule has 0 amide bonds. The number of nitrogens with zero attached hydrogens (tertiary/aromatic N) is 2. The van der Waals surface area contributed by atoms with E-state index in [0.717, 1.165) is 60.1 Å². The summed E-state index contributed by atoms with van der Waals surface area (Å²) in [5.41, 5.74) is 1.80. The summed E-state index contributed by atoms with van der Waals surface area (Å²) in [6, 6.07) is 12.9. The van der Waals surface area contributed by atoms with Crippen molar-refractivity contribution in [2.45, 2.75) is 37.7 Å². The minimum Gasteiger partial charge on any atom is -0.497 e. The fraction of sp³-hybridized carbons (Fsp3) is 0.393. The first-order chi connectivity index (χ1) is 16.7. The predicted molar refractivity (Wildman–Crippen MR) is 129 cm³/mol. The van der Waals surface area contributed by atoms with Crippen LogP contribution in [0.15, 0.2) is 67.4 Å². The van der Waals surface area contributed by atoms with Crippen molar-refractivity contribution < 1.29 is 27.5 Å². The van der Waals surface area contributed by atoms with Gasteiger partial charge in [-0.05, 0) is 47.9 Å². The zero-order valence-electron chi connectivity index (χ0n) is 19.7. The van der Waals surface area contributed by atoms with Crippen LogP contribution in [0.4, 0.5) is 13.2 Å². The number of fused-ring (bicyclic) bond motifs is 4. The van der Waals surface area contributed by atoms with Crippen LogP contribution in [0.25, 0.3) is 10.9 Å². The molecule has 5 atom stereocenters. The van der Waals surface area contributed by atoms with E-state index in [1.807, 2.05) is 30.3 Å². The van der Waals surface area contributed by atoms with Crippen LogP contribution in [-0.4, -0.2) is 40.8 Å². The number of benzene rings is 2. The van der Waals surface area contributed by atoms with Crippen molar-refractivity contribution in [3.63, 3.8) is 0 Å². The topological polar surface area (TPSA) is 42.4 Å². The molecule has 7 heteroatoms. The van der Waals surface area contributed by atoms with Gasteiger partial charge < -0.3 is 14.3 Å². The molecule has 184 valence electrons. The van der Waals surface area contributed by atoms with Gasteiger partial charge in [-0.25, -0.2) is 0 Å². The van der Waals surface area contributed by atoms with Gasteiger partial charge in [-0.1, -0.05) is 18.2 Å². The van der Waals surface area contributed by atoms with Crippen LogP contribution in [0.1, 0.15) is 35.6 Å². The average molecular weight is 484 g/mol. The highest BCUT2D eigenvalue weighted by molar-refractivity contribution is 5.83. The molecular formula is C28H30F3N2O2+. The molecule has 6 rings (SSSR count). The van der Waals surface area contributed by atoms with Gasteiger partial charge in [0.25, 0.3) is 0 Å². The molecule has 0 saturated carbocycles. The number of rotatable bonds is 6. The molecule has 3 aromatic rings. The number of alkyl halides is 3. The zero-order chi connectivity index (χ0) is 24.8. The summed E-state index contributed by atoms with van der Waals surface area (Å²) in [6.07, 6.45) is 0.494. The van der Waals surface area contributed by atoms with Crippen molar-refractivity contribution in [2.75, 3.05) is 20.2 Å². The highest BCUT2D eigenvalue weighted by Gasteiger charge is 2.54. The number of piperidine rings is 3. The highest BCUT2D eigenvalue weighted by Crippen LogP contribution is 2.48. The average Bonchev–Trinajstić information content (AvgIpc) is 2.87. The second-order valence-corrected chi connectivity index (χ2v) is 9.96. The van der Waals surface area contributed by atoms with Crippen LogP contribution >= 0.6 is 0 Å². The molecule has 0 spiro atoms. The predicted octanol–water partition coefficient (Wildman–Crippen LogP) is 5.91. The molecule has 4 heterocycles. The molecule has 3 saturated heterocycles. The molecule has 1 N–H and O–H groups in total. The van der Waals surface area contributed by atoms with E-state index in [1.54, 1.807) is 25.4 Å². The number of methoxy groups -OCH3 is 1. The number of hydrogen-bond donors (Lipinski definition) is 1. The number of aromatic nitrogens is 1. The molecule has 2 aromatic carbocycles. The van der Waals surface area contributed by atoms with Crippen molar-refractivity contribution in [3.8, 4) is 5.75 Å². The maximum absolute atomic E-state index is 13.1. The van der Waals surface area contributed by atoms with Crippen molar-refractivity contribution in [3.05, 3.63) is 84.1 Å². The molecule has 0 aliphatic carbocycles. The van der Waals surface area contributed by atoms with Crippen LogP contribution in [-0.2, 0) is 12.7 Å². The number of ether oxygens (including phenoxy) is 1. The third-order valence-corrected chi connectivity index (χ3v) is 8.12. The number of hydrogen-bond acceptors (Lipinski definition) is 3. The van der Waals surface area contributed by atoms with E-state index in [-0.39, 0.29) is 6.04 Å². The summed E-state index contributed by atoms with van der Waals surface area (Å²) in [4.78, 5) is 4.45. The number of aliphatic hydroxyl groups is 1. The second-order valence-electron chi connectivity index (χ2n) is 9.96. The van der Waals surface area contributed by atoms with Gasteiger partial charge in [0.1, 0.15) is 24.4 Å². The van der Waals surface area contributed by atoms with Crippen molar-refractivity contribution in [1.82, 2.24) is 4.98 Å². The zero-order valence-corrected chi connectivity index (χ0v) is 19.7. The summed E-state index contributed by atoms with van der Waals surface area (Å²) in [7, 11) is 1.61. The Morgan fingerprint density at radius 3 is 2.66 bits per heavy atom. The van der Waals surface area contributed by atoms with Gasteiger partial charge in [0, 0.05) is 35.9 Å². The van der Waals surface area contributed by atoms with E-state index in [0.29, 0.717) is 28.6 Å². The Bertz CT molecular complexity index is 1230. The lowest BCUT2D eigenvalue weighted by Gasteiger charge is -2.58. The van der Waals surface area contributed by atoms with Gasteiger partial charge in [-0.3, -0.25) is 4.98 Å². The Kier molecular flexibility index (Phi) is 6.09. The van der Waals surface area contributed by atoms with Gasteiger partial charge in [0.2, 0.25) is 0 Å². The van der Waals surface area contributed by atoms with Crippen LogP contribution < -0.4 is 4.74 Å².